The fourth-order valence-electron chi connectivity index (χ4n) is 9.04. The first-order valence-electron chi connectivity index (χ1n) is 16.2. The zero-order valence-corrected chi connectivity index (χ0v) is 33.3. The van der Waals surface area contributed by atoms with Gasteiger partial charge in [0.1, 0.15) is 8.24 Å². The van der Waals surface area contributed by atoms with Crippen molar-refractivity contribution < 1.29 is 17.0 Å². The van der Waals surface area contributed by atoms with E-state index < -0.39 is 25.3 Å². The Balaban J connectivity index is 0.00000111. The Morgan fingerprint density at radius 3 is 1.76 bits per heavy atom. The number of hydrogen-bond donors (Lipinski definition) is 0. The van der Waals surface area contributed by atoms with Crippen LogP contribution >= 0.6 is 18.6 Å². The van der Waals surface area contributed by atoms with Gasteiger partial charge in [-0.25, -0.2) is 0 Å². The fraction of sp³-hybridized carbons (Fsp3) is 0.513. The van der Waals surface area contributed by atoms with Gasteiger partial charge in [0.15, 0.2) is 0 Å². The number of halogens is 2. The number of rotatable bonds is 3. The quantitative estimate of drug-likeness (QED) is 0.227. The molecular formula is C39H54Cl2N2SiTi-2. The van der Waals surface area contributed by atoms with Crippen LogP contribution in [-0.4, -0.2) is 30.5 Å². The van der Waals surface area contributed by atoms with Crippen LogP contribution in [0.5, 0.6) is 0 Å². The minimum atomic E-state index is -2.10. The van der Waals surface area contributed by atoms with Crippen molar-refractivity contribution >= 4 is 32.4 Å². The summed E-state index contributed by atoms with van der Waals surface area (Å²) >= 11 is -0.556. The van der Waals surface area contributed by atoms with E-state index in [4.69, 9.17) is 23.9 Å². The molecule has 2 nitrogen and oxygen atoms in total. The van der Waals surface area contributed by atoms with Crippen molar-refractivity contribution in [1.29, 1.82) is 0 Å². The van der Waals surface area contributed by atoms with E-state index in [1.807, 2.05) is 0 Å². The normalized spacial score (nSPS) is 31.7. The third kappa shape index (κ3) is 6.98. The van der Waals surface area contributed by atoms with Gasteiger partial charge in [-0.05, 0) is 56.8 Å². The van der Waals surface area contributed by atoms with Gasteiger partial charge in [-0.15, -0.1) is 0 Å². The summed E-state index contributed by atoms with van der Waals surface area (Å²) in [6.07, 6.45) is 22.6. The van der Waals surface area contributed by atoms with Crippen LogP contribution in [0.4, 0.5) is 0 Å². The van der Waals surface area contributed by atoms with Gasteiger partial charge in [0, 0.05) is 6.04 Å². The Morgan fingerprint density at radius 1 is 0.800 bits per heavy atom. The summed E-state index contributed by atoms with van der Waals surface area (Å²) in [5.41, 5.74) is 6.38. The molecule has 1 aromatic rings. The fourth-order valence-corrected chi connectivity index (χ4v) is 14.3. The predicted molar refractivity (Wildman–Crippen MR) is 197 cm³/mol. The summed E-state index contributed by atoms with van der Waals surface area (Å²) in [4.78, 5) is 0. The standard InChI is InChI=1S/C38H51N2Si.CH3.2ClH.Ti/c1-36(2,3)26-19-21-29-30-22-20-27(37(4,5)6)24-32(30)35(31(29)23-26)41(9,10)40-33-18-14-17-28(25-15-12-11-13-16-25)34(33)39-38(40,7)8;;;;/h11-24,29-35H,1-10H3;1H3;2*1H;/q2*-1;;;+2/p-2/t29?,30?,31?,32?,33-,34?,35?;;;;/m1..../s1. The van der Waals surface area contributed by atoms with E-state index in [1.54, 1.807) is 0 Å². The van der Waals surface area contributed by atoms with Gasteiger partial charge in [0.2, 0.25) is 0 Å². The minimum absolute atomic E-state index is 0. The van der Waals surface area contributed by atoms with Crippen LogP contribution in [0.3, 0.4) is 0 Å². The topological polar surface area (TPSA) is 17.3 Å². The molecule has 0 aromatic heterocycles. The van der Waals surface area contributed by atoms with Gasteiger partial charge in [-0.1, -0.05) is 171 Å². The van der Waals surface area contributed by atoms with Gasteiger partial charge in [-0.3, -0.25) is 0 Å². The molecule has 244 valence electrons. The van der Waals surface area contributed by atoms with E-state index in [1.165, 1.54) is 22.3 Å². The van der Waals surface area contributed by atoms with Crippen molar-refractivity contribution in [1.82, 2.24) is 4.57 Å². The summed E-state index contributed by atoms with van der Waals surface area (Å²) in [7, 11) is 7.68. The molecule has 1 aromatic carbocycles. The summed E-state index contributed by atoms with van der Waals surface area (Å²) in [6.45, 7) is 24.4. The number of nitrogens with zero attached hydrogens (tertiary/aromatic N) is 2. The van der Waals surface area contributed by atoms with E-state index in [2.05, 4.69) is 158 Å². The molecule has 5 unspecified atom stereocenters. The molecule has 6 atom stereocenters. The SMILES string of the molecule is CC(C)(C)C1=CC2C(C=C1)C1C=CC(C(C)(C)C)=CC1C2[Si](C)(C)N1[C@@H]2C=CC=C(c3ccccc3)C2[N-]C1(C)C.[CH3-].[Cl][Ti][Cl]. The first kappa shape index (κ1) is 36.9. The van der Waals surface area contributed by atoms with Crippen molar-refractivity contribution in [2.75, 3.05) is 0 Å². The predicted octanol–water partition coefficient (Wildman–Crippen LogP) is 11.8. The monoisotopic (exact) mass is 696 g/mol. The van der Waals surface area contributed by atoms with Crippen LogP contribution in [0.15, 0.2) is 96.2 Å². The molecule has 1 heterocycles. The Hall–Kier alpha value is -0.909. The summed E-state index contributed by atoms with van der Waals surface area (Å²) in [6, 6.07) is 11.4. The third-order valence-electron chi connectivity index (χ3n) is 10.7. The number of fused-ring (bicyclic) bond motifs is 4. The van der Waals surface area contributed by atoms with Gasteiger partial charge in [0.25, 0.3) is 0 Å². The number of hydrogen-bond acceptors (Lipinski definition) is 1. The maximum absolute atomic E-state index is 5.62. The summed E-state index contributed by atoms with van der Waals surface area (Å²) in [5, 5.41) is 5.62. The molecule has 2 fully saturated rings. The zero-order chi connectivity index (χ0) is 32.2. The molecule has 6 heteroatoms. The zero-order valence-electron chi connectivity index (χ0n) is 29.3. The molecule has 6 rings (SSSR count). The van der Waals surface area contributed by atoms with Crippen molar-refractivity contribution in [3.63, 3.8) is 0 Å². The molecule has 0 radical (unpaired) electrons. The van der Waals surface area contributed by atoms with Gasteiger partial charge >= 0.3 is 35.6 Å². The molecule has 45 heavy (non-hydrogen) atoms. The van der Waals surface area contributed by atoms with Crippen molar-refractivity contribution in [2.24, 2.45) is 34.5 Å². The molecule has 1 saturated carbocycles. The van der Waals surface area contributed by atoms with Crippen LogP contribution in [0.2, 0.25) is 18.6 Å². The molecule has 1 saturated heterocycles. The molecular weight excluding hydrogens is 643 g/mol. The molecule has 4 aliphatic carbocycles. The van der Waals surface area contributed by atoms with Crippen molar-refractivity contribution in [3.8, 4) is 0 Å². The average Bonchev–Trinajstić information content (AvgIpc) is 3.43. The first-order chi connectivity index (χ1) is 20.5. The molecule has 0 amide bonds. The number of benzene rings is 1. The van der Waals surface area contributed by atoms with Crippen molar-refractivity contribution in [3.05, 3.63) is 114 Å². The van der Waals surface area contributed by atoms with Gasteiger partial charge in [-0.2, -0.15) is 0 Å². The van der Waals surface area contributed by atoms with Gasteiger partial charge < -0.3 is 17.3 Å². The van der Waals surface area contributed by atoms with E-state index in [0.29, 0.717) is 35.3 Å². The van der Waals surface area contributed by atoms with E-state index in [-0.39, 0.29) is 30.0 Å². The van der Waals surface area contributed by atoms with Crippen LogP contribution < -0.4 is 0 Å². The number of allylic oxidation sites excluding steroid dienone is 10. The molecule has 0 N–H and O–H groups in total. The first-order valence-corrected chi connectivity index (χ1v) is 23.6. The van der Waals surface area contributed by atoms with E-state index in [0.717, 1.165) is 0 Å². The Bertz CT molecular complexity index is 1350. The van der Waals surface area contributed by atoms with E-state index >= 15 is 0 Å². The van der Waals surface area contributed by atoms with Crippen LogP contribution in [0, 0.1) is 41.9 Å². The second-order valence-corrected chi connectivity index (χ2v) is 23.4. The Kier molecular flexibility index (Phi) is 11.1. The molecule has 0 spiro atoms. The summed E-state index contributed by atoms with van der Waals surface area (Å²) in [5.74, 6) is 2.24. The maximum atomic E-state index is 5.62. The Morgan fingerprint density at radius 2 is 1.29 bits per heavy atom. The summed E-state index contributed by atoms with van der Waals surface area (Å²) < 4.78 is 2.94. The van der Waals surface area contributed by atoms with Gasteiger partial charge in [0.05, 0.1) is 0 Å². The average molecular weight is 698 g/mol. The van der Waals surface area contributed by atoms with E-state index in [9.17, 15) is 0 Å². The van der Waals surface area contributed by atoms with Crippen LogP contribution in [0.25, 0.3) is 10.9 Å². The second-order valence-electron chi connectivity index (χ2n) is 16.3. The van der Waals surface area contributed by atoms with Crippen LogP contribution in [-0.2, 0) is 17.0 Å². The third-order valence-corrected chi connectivity index (χ3v) is 15.2. The van der Waals surface area contributed by atoms with Crippen molar-refractivity contribution in [2.45, 2.75) is 91.8 Å². The van der Waals surface area contributed by atoms with Crippen LogP contribution in [0.1, 0.15) is 61.0 Å². The molecule has 5 aliphatic rings. The molecule has 0 bridgehead atoms. The Labute approximate surface area is 293 Å². The molecule has 1 aliphatic heterocycles. The second kappa shape index (κ2) is 13.5.